The van der Waals surface area contributed by atoms with Crippen LogP contribution in [0.15, 0.2) is 18.2 Å². The lowest BCUT2D eigenvalue weighted by Gasteiger charge is -2.04. The molecule has 70 valence electrons. The smallest absolute Gasteiger partial charge is 0.253 e. The number of carbonyl (C=O) groups is 1. The molecule has 0 bridgehead atoms. The van der Waals surface area contributed by atoms with Crippen molar-refractivity contribution in [2.75, 3.05) is 6.73 Å². The topological polar surface area (TPSA) is 49.3 Å². The lowest BCUT2D eigenvalue weighted by atomic mass is 10.1. The standard InChI is InChI=1S/C10H13NO2/c1-7-3-4-9(5-8(7)2)10(13)11-6-12/h3-5,12H,6H2,1-2H3,(H,11,13). The summed E-state index contributed by atoms with van der Waals surface area (Å²) in [6.07, 6.45) is 0. The molecule has 0 aliphatic rings. The van der Waals surface area contributed by atoms with Gasteiger partial charge in [-0.05, 0) is 37.1 Å². The fourth-order valence-electron chi connectivity index (χ4n) is 1.06. The summed E-state index contributed by atoms with van der Waals surface area (Å²) in [5.41, 5.74) is 2.81. The minimum atomic E-state index is -0.328. The van der Waals surface area contributed by atoms with Crippen molar-refractivity contribution in [1.82, 2.24) is 5.32 Å². The van der Waals surface area contributed by atoms with Crippen molar-refractivity contribution in [2.24, 2.45) is 0 Å². The molecular weight excluding hydrogens is 166 g/mol. The third-order valence-corrected chi connectivity index (χ3v) is 2.01. The van der Waals surface area contributed by atoms with E-state index >= 15 is 0 Å². The normalized spacial score (nSPS) is 9.77. The largest absolute Gasteiger partial charge is 0.376 e. The van der Waals surface area contributed by atoms with E-state index < -0.39 is 0 Å². The molecule has 1 rings (SSSR count). The van der Waals surface area contributed by atoms with Gasteiger partial charge < -0.3 is 10.4 Å². The van der Waals surface area contributed by atoms with Crippen LogP contribution >= 0.6 is 0 Å². The summed E-state index contributed by atoms with van der Waals surface area (Å²) in [6.45, 7) is 3.61. The maximum Gasteiger partial charge on any atom is 0.253 e. The van der Waals surface area contributed by atoms with E-state index in [0.717, 1.165) is 11.1 Å². The number of amides is 1. The first kappa shape index (κ1) is 9.74. The maximum atomic E-state index is 11.2. The molecule has 1 aromatic carbocycles. The van der Waals surface area contributed by atoms with Gasteiger partial charge in [-0.15, -0.1) is 0 Å². The van der Waals surface area contributed by atoms with Crippen LogP contribution in [0, 0.1) is 13.8 Å². The average Bonchev–Trinajstić information content (AvgIpc) is 2.10. The second-order valence-corrected chi connectivity index (χ2v) is 2.96. The Hall–Kier alpha value is -1.35. The van der Waals surface area contributed by atoms with Crippen LogP contribution in [-0.4, -0.2) is 17.7 Å². The van der Waals surface area contributed by atoms with E-state index in [0.29, 0.717) is 5.56 Å². The van der Waals surface area contributed by atoms with E-state index in [1.54, 1.807) is 12.1 Å². The van der Waals surface area contributed by atoms with Gasteiger partial charge in [-0.25, -0.2) is 0 Å². The van der Waals surface area contributed by atoms with Crippen molar-refractivity contribution in [3.8, 4) is 0 Å². The first-order valence-electron chi connectivity index (χ1n) is 4.11. The molecule has 3 heteroatoms. The molecule has 0 radical (unpaired) electrons. The number of benzene rings is 1. The summed E-state index contributed by atoms with van der Waals surface area (Å²) >= 11 is 0. The molecule has 0 aromatic heterocycles. The minimum Gasteiger partial charge on any atom is -0.376 e. The number of aliphatic hydroxyl groups is 1. The first-order chi connectivity index (χ1) is 6.15. The average molecular weight is 179 g/mol. The maximum absolute atomic E-state index is 11.2. The van der Waals surface area contributed by atoms with Crippen molar-refractivity contribution in [3.63, 3.8) is 0 Å². The third kappa shape index (κ3) is 2.29. The highest BCUT2D eigenvalue weighted by Gasteiger charge is 2.04. The zero-order valence-corrected chi connectivity index (χ0v) is 7.79. The molecule has 0 fully saturated rings. The fourth-order valence-corrected chi connectivity index (χ4v) is 1.06. The number of carbonyl (C=O) groups excluding carboxylic acids is 1. The number of aryl methyl sites for hydroxylation is 2. The van der Waals surface area contributed by atoms with Gasteiger partial charge in [-0.2, -0.15) is 0 Å². The summed E-state index contributed by atoms with van der Waals surface area (Å²) in [5, 5.41) is 10.8. The molecule has 1 aromatic rings. The van der Waals surface area contributed by atoms with Crippen LogP contribution in [0.3, 0.4) is 0 Å². The number of hydrogen-bond acceptors (Lipinski definition) is 2. The van der Waals surface area contributed by atoms with Gasteiger partial charge in [0, 0.05) is 5.56 Å². The van der Waals surface area contributed by atoms with Gasteiger partial charge >= 0.3 is 0 Å². The first-order valence-corrected chi connectivity index (χ1v) is 4.11. The number of rotatable bonds is 2. The molecule has 0 heterocycles. The molecule has 3 nitrogen and oxygen atoms in total. The van der Waals surface area contributed by atoms with E-state index in [1.807, 2.05) is 19.9 Å². The zero-order chi connectivity index (χ0) is 9.84. The molecular formula is C10H13NO2. The monoisotopic (exact) mass is 179 g/mol. The molecule has 2 N–H and O–H groups in total. The predicted octanol–water partition coefficient (Wildman–Crippen LogP) is 0.983. The second-order valence-electron chi connectivity index (χ2n) is 2.96. The van der Waals surface area contributed by atoms with Gasteiger partial charge in [-0.3, -0.25) is 4.79 Å². The van der Waals surface area contributed by atoms with Gasteiger partial charge in [0.15, 0.2) is 0 Å². The Morgan fingerprint density at radius 1 is 1.38 bits per heavy atom. The molecule has 0 saturated heterocycles. The lowest BCUT2D eigenvalue weighted by Crippen LogP contribution is -2.24. The van der Waals surface area contributed by atoms with Crippen molar-refractivity contribution in [2.45, 2.75) is 13.8 Å². The summed E-state index contributed by atoms with van der Waals surface area (Å²) in [4.78, 5) is 11.2. The molecule has 0 atom stereocenters. The van der Waals surface area contributed by atoms with E-state index in [4.69, 9.17) is 5.11 Å². The van der Waals surface area contributed by atoms with Gasteiger partial charge in [0.2, 0.25) is 0 Å². The second kappa shape index (κ2) is 4.05. The van der Waals surface area contributed by atoms with Crippen LogP contribution in [0.5, 0.6) is 0 Å². The summed E-state index contributed by atoms with van der Waals surface area (Å²) in [5.74, 6) is -0.245. The van der Waals surface area contributed by atoms with Gasteiger partial charge in [0.25, 0.3) is 5.91 Å². The molecule has 0 unspecified atom stereocenters. The summed E-state index contributed by atoms with van der Waals surface area (Å²) < 4.78 is 0. The van der Waals surface area contributed by atoms with Crippen LogP contribution in [0.1, 0.15) is 21.5 Å². The Morgan fingerprint density at radius 2 is 2.08 bits per heavy atom. The van der Waals surface area contributed by atoms with E-state index in [-0.39, 0.29) is 12.6 Å². The number of hydrogen-bond donors (Lipinski definition) is 2. The highest BCUT2D eigenvalue weighted by Crippen LogP contribution is 2.09. The molecule has 0 aliphatic carbocycles. The van der Waals surface area contributed by atoms with Crippen LogP contribution in [0.25, 0.3) is 0 Å². The van der Waals surface area contributed by atoms with Gasteiger partial charge in [-0.1, -0.05) is 6.07 Å². The third-order valence-electron chi connectivity index (χ3n) is 2.01. The minimum absolute atomic E-state index is 0.245. The van der Waals surface area contributed by atoms with Crippen molar-refractivity contribution >= 4 is 5.91 Å². The Morgan fingerprint density at radius 3 is 2.62 bits per heavy atom. The van der Waals surface area contributed by atoms with Crippen molar-refractivity contribution in [1.29, 1.82) is 0 Å². The SMILES string of the molecule is Cc1ccc(C(=O)NCO)cc1C. The molecule has 0 spiro atoms. The van der Waals surface area contributed by atoms with Gasteiger partial charge in [0.05, 0.1) is 0 Å². The Labute approximate surface area is 77.4 Å². The number of aliphatic hydroxyl groups excluding tert-OH is 1. The van der Waals surface area contributed by atoms with Crippen LogP contribution in [0.2, 0.25) is 0 Å². The van der Waals surface area contributed by atoms with E-state index in [2.05, 4.69) is 5.32 Å². The molecule has 0 aliphatic heterocycles. The number of nitrogens with one attached hydrogen (secondary N) is 1. The Bertz CT molecular complexity index is 321. The fraction of sp³-hybridized carbons (Fsp3) is 0.300. The predicted molar refractivity (Wildman–Crippen MR) is 50.5 cm³/mol. The van der Waals surface area contributed by atoms with Crippen molar-refractivity contribution in [3.05, 3.63) is 34.9 Å². The van der Waals surface area contributed by atoms with E-state index in [9.17, 15) is 4.79 Å². The Balaban J connectivity index is 2.90. The lowest BCUT2D eigenvalue weighted by molar-refractivity contribution is 0.0910. The summed E-state index contributed by atoms with van der Waals surface area (Å²) in [6, 6.07) is 5.44. The molecule has 13 heavy (non-hydrogen) atoms. The van der Waals surface area contributed by atoms with E-state index in [1.165, 1.54) is 0 Å². The quantitative estimate of drug-likeness (QED) is 0.665. The van der Waals surface area contributed by atoms with Crippen LogP contribution in [0.4, 0.5) is 0 Å². The van der Waals surface area contributed by atoms with Crippen LogP contribution < -0.4 is 5.32 Å². The van der Waals surface area contributed by atoms with Gasteiger partial charge in [0.1, 0.15) is 6.73 Å². The zero-order valence-electron chi connectivity index (χ0n) is 7.79. The molecule has 1 amide bonds. The highest BCUT2D eigenvalue weighted by molar-refractivity contribution is 5.94. The Kier molecular flexibility index (Phi) is 3.03. The van der Waals surface area contributed by atoms with Crippen molar-refractivity contribution < 1.29 is 9.90 Å². The van der Waals surface area contributed by atoms with Crippen LogP contribution in [-0.2, 0) is 0 Å². The highest BCUT2D eigenvalue weighted by atomic mass is 16.3. The molecule has 0 saturated carbocycles. The summed E-state index contributed by atoms with van der Waals surface area (Å²) in [7, 11) is 0.